The molecular weight excluding hydrogens is 648 g/mol. The van der Waals surface area contributed by atoms with Gasteiger partial charge < -0.3 is 14.5 Å². The molecule has 248 valence electrons. The fourth-order valence-electron chi connectivity index (χ4n) is 6.14. The second-order valence-corrected chi connectivity index (χ2v) is 13.9. The molecule has 4 aromatic rings. The number of amides is 2. The predicted molar refractivity (Wildman–Crippen MR) is 187 cm³/mol. The Bertz CT molecular complexity index is 1940. The van der Waals surface area contributed by atoms with E-state index in [0.717, 1.165) is 45.8 Å². The topological polar surface area (TPSA) is 110 Å². The summed E-state index contributed by atoms with van der Waals surface area (Å²) in [6.45, 7) is 10.0. The molecule has 1 aliphatic carbocycles. The fraction of sp³-hybridized carbons (Fsp3) is 0.333. The lowest BCUT2D eigenvalue weighted by molar-refractivity contribution is -0.140. The first-order valence-electron chi connectivity index (χ1n) is 15.8. The molecule has 2 aliphatic heterocycles. The molecule has 0 bridgehead atoms. The van der Waals surface area contributed by atoms with Gasteiger partial charge >= 0.3 is 0 Å². The van der Waals surface area contributed by atoms with Crippen LogP contribution in [0.1, 0.15) is 63.3 Å². The van der Waals surface area contributed by atoms with Crippen LogP contribution in [-0.2, 0) is 16.1 Å². The van der Waals surface area contributed by atoms with E-state index in [1.165, 1.54) is 28.2 Å². The van der Waals surface area contributed by atoms with Crippen molar-refractivity contribution in [3.05, 3.63) is 104 Å². The van der Waals surface area contributed by atoms with E-state index in [1.54, 1.807) is 54.5 Å². The second-order valence-electron chi connectivity index (χ2n) is 12.2. The lowest BCUT2D eigenvalue weighted by Crippen LogP contribution is -2.57. The van der Waals surface area contributed by atoms with Crippen LogP contribution >= 0.6 is 22.9 Å². The van der Waals surface area contributed by atoms with E-state index in [2.05, 4.69) is 28.6 Å². The van der Waals surface area contributed by atoms with Crippen molar-refractivity contribution in [2.45, 2.75) is 52.6 Å². The SMILES string of the molecule is COc1ccc(C(=O)/C=C/C(=O)N2CCN(C(C)=O)CC23CC3)cc1.Cc1sc2c(c1C)C(c1ccc(Cl)cc1)=NCc1nnc(C)n1-2. The molecule has 2 aromatic carbocycles. The number of aryl methyl sites for hydroxylation is 2. The third-order valence-electron chi connectivity index (χ3n) is 9.14. The van der Waals surface area contributed by atoms with Crippen LogP contribution < -0.4 is 4.74 Å². The summed E-state index contributed by atoms with van der Waals surface area (Å²) >= 11 is 7.80. The van der Waals surface area contributed by atoms with Gasteiger partial charge in [-0.15, -0.1) is 21.5 Å². The number of fused-ring (bicyclic) bond motifs is 3. The molecule has 1 spiro atoms. The van der Waals surface area contributed by atoms with Gasteiger partial charge in [0.05, 0.1) is 18.4 Å². The predicted octanol–water partition coefficient (Wildman–Crippen LogP) is 5.92. The smallest absolute Gasteiger partial charge is 0.247 e. The van der Waals surface area contributed by atoms with Crippen LogP contribution in [0.3, 0.4) is 0 Å². The van der Waals surface area contributed by atoms with Gasteiger partial charge in [0.25, 0.3) is 0 Å². The molecule has 10 nitrogen and oxygen atoms in total. The van der Waals surface area contributed by atoms with Gasteiger partial charge in [-0.25, -0.2) is 0 Å². The zero-order valence-corrected chi connectivity index (χ0v) is 29.2. The number of hydrogen-bond acceptors (Lipinski definition) is 8. The number of ketones is 1. The molecule has 0 N–H and O–H groups in total. The average molecular weight is 685 g/mol. The quantitative estimate of drug-likeness (QED) is 0.191. The van der Waals surface area contributed by atoms with Gasteiger partial charge in [0.2, 0.25) is 11.8 Å². The third-order valence-corrected chi connectivity index (χ3v) is 10.6. The van der Waals surface area contributed by atoms with E-state index in [0.29, 0.717) is 37.5 Å². The summed E-state index contributed by atoms with van der Waals surface area (Å²) in [5.41, 5.74) is 4.80. The summed E-state index contributed by atoms with van der Waals surface area (Å²) in [4.78, 5) is 46.0. The number of methoxy groups -OCH3 is 1. The van der Waals surface area contributed by atoms with E-state index >= 15 is 0 Å². The van der Waals surface area contributed by atoms with E-state index in [4.69, 9.17) is 21.3 Å². The van der Waals surface area contributed by atoms with Crippen molar-refractivity contribution in [2.75, 3.05) is 26.7 Å². The highest BCUT2D eigenvalue weighted by Crippen LogP contribution is 2.44. The number of halogens is 1. The van der Waals surface area contributed by atoms with Gasteiger partial charge in [0, 0.05) is 59.2 Å². The van der Waals surface area contributed by atoms with Gasteiger partial charge in [-0.3, -0.25) is 23.9 Å². The lowest BCUT2D eigenvalue weighted by Gasteiger charge is -2.41. The van der Waals surface area contributed by atoms with Gasteiger partial charge in [0.1, 0.15) is 23.1 Å². The number of hydrogen-bond donors (Lipinski definition) is 0. The molecule has 0 atom stereocenters. The number of carbonyl (C=O) groups excluding carboxylic acids is 3. The summed E-state index contributed by atoms with van der Waals surface area (Å²) in [6.07, 6.45) is 4.47. The average Bonchev–Trinajstić information content (AvgIpc) is 3.70. The first-order valence-corrected chi connectivity index (χ1v) is 17.0. The number of ether oxygens (including phenoxy) is 1. The lowest BCUT2D eigenvalue weighted by atomic mass is 10.00. The molecule has 2 fully saturated rings. The number of carbonyl (C=O) groups is 3. The molecule has 0 radical (unpaired) electrons. The van der Waals surface area contributed by atoms with Crippen molar-refractivity contribution in [1.82, 2.24) is 24.6 Å². The highest BCUT2D eigenvalue weighted by molar-refractivity contribution is 7.15. The van der Waals surface area contributed by atoms with Crippen LogP contribution in [0.4, 0.5) is 0 Å². The highest BCUT2D eigenvalue weighted by atomic mass is 35.5. The Hall–Kier alpha value is -4.61. The van der Waals surface area contributed by atoms with Crippen LogP contribution in [0.25, 0.3) is 5.00 Å². The third kappa shape index (κ3) is 6.57. The van der Waals surface area contributed by atoms with Gasteiger partial charge in [-0.1, -0.05) is 23.7 Å². The maximum absolute atomic E-state index is 12.5. The number of thiophene rings is 1. The van der Waals surface area contributed by atoms with Crippen LogP contribution in [0.5, 0.6) is 5.75 Å². The Morgan fingerprint density at radius 3 is 2.31 bits per heavy atom. The summed E-state index contributed by atoms with van der Waals surface area (Å²) in [6, 6.07) is 14.6. The maximum Gasteiger partial charge on any atom is 0.247 e. The Kier molecular flexibility index (Phi) is 9.35. The Morgan fingerprint density at radius 2 is 1.67 bits per heavy atom. The largest absolute Gasteiger partial charge is 0.497 e. The van der Waals surface area contributed by atoms with E-state index < -0.39 is 0 Å². The molecule has 0 unspecified atom stereocenters. The van der Waals surface area contributed by atoms with Crippen LogP contribution in [0.2, 0.25) is 5.02 Å². The van der Waals surface area contributed by atoms with Crippen molar-refractivity contribution in [3.8, 4) is 10.8 Å². The molecule has 7 rings (SSSR count). The minimum Gasteiger partial charge on any atom is -0.497 e. The van der Waals surface area contributed by atoms with Crippen molar-refractivity contribution in [2.24, 2.45) is 4.99 Å². The Morgan fingerprint density at radius 1 is 0.958 bits per heavy atom. The minimum atomic E-state index is -0.228. The standard InChI is InChI=1S/C19H22N2O4.C17H15ClN4S/c1-14(22)20-11-12-21(19(13-20)9-10-19)18(24)8-7-17(23)15-3-5-16(25-2)6-4-15;1-9-10(2)23-17-15(9)16(12-4-6-13(18)7-5-12)19-8-14-21-20-11(3)22(14)17/h3-8H,9-13H2,1-2H3;4-7H,8H2,1-3H3/b8-7+;. The van der Waals surface area contributed by atoms with Gasteiger partial charge in [-0.05, 0) is 81.7 Å². The normalized spacial score (nSPS) is 16.0. The Balaban J connectivity index is 0.000000168. The number of benzene rings is 2. The summed E-state index contributed by atoms with van der Waals surface area (Å²) in [5, 5.41) is 10.4. The first-order chi connectivity index (χ1) is 23.0. The van der Waals surface area contributed by atoms with E-state index in [-0.39, 0.29) is 23.1 Å². The molecule has 2 amide bonds. The zero-order valence-electron chi connectivity index (χ0n) is 27.6. The Labute approximate surface area is 288 Å². The molecule has 3 aliphatic rings. The van der Waals surface area contributed by atoms with Crippen molar-refractivity contribution in [3.63, 3.8) is 0 Å². The van der Waals surface area contributed by atoms with Crippen LogP contribution in [0.15, 0.2) is 65.7 Å². The molecule has 1 saturated carbocycles. The molecule has 2 aromatic heterocycles. The second kappa shape index (κ2) is 13.5. The molecule has 1 saturated heterocycles. The number of rotatable bonds is 5. The number of piperazine rings is 1. The summed E-state index contributed by atoms with van der Waals surface area (Å²) in [7, 11) is 1.56. The highest BCUT2D eigenvalue weighted by Gasteiger charge is 2.53. The van der Waals surface area contributed by atoms with Crippen LogP contribution in [0, 0.1) is 20.8 Å². The number of allylic oxidation sites excluding steroid dienone is 1. The van der Waals surface area contributed by atoms with E-state index in [1.807, 2.05) is 36.1 Å². The fourth-order valence-corrected chi connectivity index (χ4v) is 7.49. The maximum atomic E-state index is 12.5. The van der Waals surface area contributed by atoms with Gasteiger partial charge in [0.15, 0.2) is 11.6 Å². The van der Waals surface area contributed by atoms with Crippen LogP contribution in [-0.4, -0.2) is 80.2 Å². The molecule has 4 heterocycles. The van der Waals surface area contributed by atoms with E-state index in [9.17, 15) is 14.4 Å². The molecule has 12 heteroatoms. The van der Waals surface area contributed by atoms with Crippen molar-refractivity contribution >= 4 is 46.2 Å². The van der Waals surface area contributed by atoms with Crippen molar-refractivity contribution < 1.29 is 19.1 Å². The summed E-state index contributed by atoms with van der Waals surface area (Å²) in [5.74, 6) is 2.12. The summed E-state index contributed by atoms with van der Waals surface area (Å²) < 4.78 is 7.20. The minimum absolute atomic E-state index is 0.0450. The monoisotopic (exact) mass is 684 g/mol. The number of nitrogens with zero attached hydrogens (tertiary/aromatic N) is 6. The molecular formula is C36H37ClN6O4S. The number of aromatic nitrogens is 3. The van der Waals surface area contributed by atoms with Crippen molar-refractivity contribution in [1.29, 1.82) is 0 Å². The van der Waals surface area contributed by atoms with Gasteiger partial charge in [-0.2, -0.15) is 0 Å². The molecule has 48 heavy (non-hydrogen) atoms. The number of aliphatic imine (C=N–C) groups is 1. The zero-order chi connectivity index (χ0) is 34.2. The first kappa shape index (κ1) is 33.3.